The lowest BCUT2D eigenvalue weighted by Gasteiger charge is -2.27. The third kappa shape index (κ3) is 6.39. The molecule has 2 aromatic heterocycles. The first kappa shape index (κ1) is 27.7. The van der Waals surface area contributed by atoms with Crippen LogP contribution in [0.1, 0.15) is 28.0 Å². The maximum atomic E-state index is 14.7. The lowest BCUT2D eigenvalue weighted by Crippen LogP contribution is -2.59. The van der Waals surface area contributed by atoms with Crippen LogP contribution >= 0.6 is 0 Å². The van der Waals surface area contributed by atoms with Crippen LogP contribution in [0.3, 0.4) is 0 Å². The van der Waals surface area contributed by atoms with Crippen molar-refractivity contribution in [2.75, 3.05) is 30.9 Å². The van der Waals surface area contributed by atoms with E-state index in [2.05, 4.69) is 31.2 Å². The molecule has 1 aromatic carbocycles. The normalized spacial score (nSPS) is 17.0. The highest BCUT2D eigenvalue weighted by molar-refractivity contribution is 5.99. The summed E-state index contributed by atoms with van der Waals surface area (Å²) in [7, 11) is 1.66. The molecule has 0 aliphatic carbocycles. The van der Waals surface area contributed by atoms with E-state index in [-0.39, 0.29) is 43.1 Å². The number of hydrogen-bond acceptors (Lipinski definition) is 7. The van der Waals surface area contributed by atoms with Gasteiger partial charge >= 0.3 is 6.18 Å². The molecule has 1 saturated heterocycles. The van der Waals surface area contributed by atoms with Crippen molar-refractivity contribution in [3.05, 3.63) is 77.4 Å². The van der Waals surface area contributed by atoms with Crippen LogP contribution in [-0.4, -0.2) is 47.6 Å². The average Bonchev–Trinajstić information content (AvgIpc) is 3.38. The number of halogens is 5. The molecule has 4 rings (SSSR count). The summed E-state index contributed by atoms with van der Waals surface area (Å²) in [5.74, 6) is -3.17. The second-order valence-corrected chi connectivity index (χ2v) is 8.70. The molecule has 0 bridgehead atoms. The van der Waals surface area contributed by atoms with Crippen LogP contribution in [0.5, 0.6) is 0 Å². The third-order valence-electron chi connectivity index (χ3n) is 6.00. The molecular weight excluding hydrogens is 527 g/mol. The van der Waals surface area contributed by atoms with Crippen molar-refractivity contribution in [2.24, 2.45) is 0 Å². The SMILES string of the molecule is CNc1cncc(C(=O)N[C@@]2(C(=O)NCc3ncc(Nc4ccc(F)cc4C(F)(F)F)cc3F)CCOC2)c1. The maximum absolute atomic E-state index is 14.7. The maximum Gasteiger partial charge on any atom is 0.418 e. The van der Waals surface area contributed by atoms with Gasteiger partial charge in [0, 0.05) is 38.5 Å². The predicted molar refractivity (Wildman–Crippen MR) is 130 cm³/mol. The van der Waals surface area contributed by atoms with E-state index in [0.717, 1.165) is 24.4 Å². The smallest absolute Gasteiger partial charge is 0.387 e. The summed E-state index contributed by atoms with van der Waals surface area (Å²) >= 11 is 0. The number of benzene rings is 1. The number of amides is 2. The van der Waals surface area contributed by atoms with E-state index in [4.69, 9.17) is 4.74 Å². The molecule has 206 valence electrons. The first-order valence-electron chi connectivity index (χ1n) is 11.6. The van der Waals surface area contributed by atoms with Crippen molar-refractivity contribution >= 4 is 28.9 Å². The summed E-state index contributed by atoms with van der Waals surface area (Å²) in [4.78, 5) is 33.8. The minimum absolute atomic E-state index is 0.109. The molecule has 9 nitrogen and oxygen atoms in total. The zero-order chi connectivity index (χ0) is 28.2. The average molecular weight is 550 g/mol. The fraction of sp³-hybridized carbons (Fsp3) is 0.280. The molecule has 14 heteroatoms. The molecule has 3 aromatic rings. The molecule has 0 spiro atoms. The van der Waals surface area contributed by atoms with Crippen molar-refractivity contribution in [2.45, 2.75) is 24.7 Å². The number of anilines is 3. The molecule has 1 aliphatic heterocycles. The van der Waals surface area contributed by atoms with Crippen LogP contribution < -0.4 is 21.3 Å². The number of alkyl halides is 3. The number of hydrogen-bond donors (Lipinski definition) is 4. The number of carbonyl (C=O) groups excluding carboxylic acids is 2. The monoisotopic (exact) mass is 550 g/mol. The van der Waals surface area contributed by atoms with Gasteiger partial charge < -0.3 is 26.0 Å². The summed E-state index contributed by atoms with van der Waals surface area (Å²) in [5, 5.41) is 10.5. The molecular formula is C25H23F5N6O3. The Morgan fingerprint density at radius 3 is 2.54 bits per heavy atom. The Hall–Kier alpha value is -4.33. The summed E-state index contributed by atoms with van der Waals surface area (Å²) in [6.45, 7) is -0.274. The van der Waals surface area contributed by atoms with Gasteiger partial charge in [0.05, 0.1) is 53.2 Å². The molecule has 1 aliphatic rings. The van der Waals surface area contributed by atoms with E-state index in [1.54, 1.807) is 13.1 Å². The predicted octanol–water partition coefficient (Wildman–Crippen LogP) is 3.76. The van der Waals surface area contributed by atoms with Crippen molar-refractivity contribution in [1.29, 1.82) is 0 Å². The zero-order valence-corrected chi connectivity index (χ0v) is 20.5. The number of ether oxygens (including phenoxy) is 1. The van der Waals surface area contributed by atoms with Crippen molar-refractivity contribution in [1.82, 2.24) is 20.6 Å². The highest BCUT2D eigenvalue weighted by atomic mass is 19.4. The fourth-order valence-electron chi connectivity index (χ4n) is 3.90. The standard InChI is InChI=1S/C25H23F5N6O3/c1-31-16-6-14(9-32-10-16)22(37)36-24(4-5-39-13-24)23(38)34-12-21-19(27)8-17(11-33-21)35-20-3-2-15(26)7-18(20)25(28,29)30/h2-3,6-11,31,35H,4-5,12-13H2,1H3,(H,34,38)(H,36,37)/t24-/m0/s1. The van der Waals surface area contributed by atoms with Gasteiger partial charge in [0.2, 0.25) is 5.91 Å². The van der Waals surface area contributed by atoms with Crippen LogP contribution in [0.15, 0.2) is 48.9 Å². The van der Waals surface area contributed by atoms with E-state index >= 15 is 0 Å². The first-order chi connectivity index (χ1) is 18.5. The minimum Gasteiger partial charge on any atom is -0.387 e. The summed E-state index contributed by atoms with van der Waals surface area (Å²) in [6, 6.07) is 4.50. The lowest BCUT2D eigenvalue weighted by atomic mass is 9.96. The Kier molecular flexibility index (Phi) is 7.95. The van der Waals surface area contributed by atoms with Crippen molar-refractivity contribution in [3.63, 3.8) is 0 Å². The van der Waals surface area contributed by atoms with E-state index in [0.29, 0.717) is 11.8 Å². The van der Waals surface area contributed by atoms with Crippen molar-refractivity contribution < 1.29 is 36.3 Å². The second-order valence-electron chi connectivity index (χ2n) is 8.70. The van der Waals surface area contributed by atoms with Gasteiger partial charge in [-0.05, 0) is 24.3 Å². The number of nitrogens with one attached hydrogen (secondary N) is 4. The molecule has 0 unspecified atom stereocenters. The minimum atomic E-state index is -4.85. The number of pyridine rings is 2. The van der Waals surface area contributed by atoms with Gasteiger partial charge in [0.1, 0.15) is 17.2 Å². The van der Waals surface area contributed by atoms with Crippen LogP contribution in [0, 0.1) is 11.6 Å². The number of carbonyl (C=O) groups is 2. The summed E-state index contributed by atoms with van der Waals surface area (Å²) in [5.41, 5.74) is -2.68. The van der Waals surface area contributed by atoms with Gasteiger partial charge in [-0.15, -0.1) is 0 Å². The molecule has 2 amide bonds. The Bertz CT molecular complexity index is 1380. The largest absolute Gasteiger partial charge is 0.418 e. The van der Waals surface area contributed by atoms with Crippen LogP contribution in [-0.2, 0) is 22.3 Å². The van der Waals surface area contributed by atoms with E-state index in [1.807, 2.05) is 0 Å². The van der Waals surface area contributed by atoms with E-state index < -0.39 is 46.4 Å². The third-order valence-corrected chi connectivity index (χ3v) is 6.00. The van der Waals surface area contributed by atoms with Gasteiger partial charge in [-0.1, -0.05) is 0 Å². The van der Waals surface area contributed by atoms with E-state index in [1.165, 1.54) is 12.4 Å². The number of aromatic nitrogens is 2. The highest BCUT2D eigenvalue weighted by Gasteiger charge is 2.44. The molecule has 0 saturated carbocycles. The molecule has 4 N–H and O–H groups in total. The van der Waals surface area contributed by atoms with Crippen molar-refractivity contribution in [3.8, 4) is 0 Å². The Morgan fingerprint density at radius 1 is 1.08 bits per heavy atom. The molecule has 0 radical (unpaired) electrons. The van der Waals surface area contributed by atoms with Gasteiger partial charge in [-0.25, -0.2) is 8.78 Å². The van der Waals surface area contributed by atoms with Gasteiger partial charge in [-0.3, -0.25) is 19.6 Å². The van der Waals surface area contributed by atoms with E-state index in [9.17, 15) is 31.5 Å². The highest BCUT2D eigenvalue weighted by Crippen LogP contribution is 2.36. The van der Waals surface area contributed by atoms with Gasteiger partial charge in [0.15, 0.2) is 0 Å². The molecule has 39 heavy (non-hydrogen) atoms. The van der Waals surface area contributed by atoms with Crippen LogP contribution in [0.4, 0.5) is 39.0 Å². The summed E-state index contributed by atoms with van der Waals surface area (Å²) in [6.07, 6.45) is -0.735. The summed E-state index contributed by atoms with van der Waals surface area (Å²) < 4.78 is 73.1. The molecule has 1 atom stereocenters. The molecule has 3 heterocycles. The number of nitrogens with zero attached hydrogens (tertiary/aromatic N) is 2. The lowest BCUT2D eigenvalue weighted by molar-refractivity contribution is -0.137. The Labute approximate surface area is 219 Å². The fourth-order valence-corrected chi connectivity index (χ4v) is 3.90. The molecule has 1 fully saturated rings. The number of rotatable bonds is 8. The first-order valence-corrected chi connectivity index (χ1v) is 11.6. The Morgan fingerprint density at radius 2 is 1.87 bits per heavy atom. The van der Waals surface area contributed by atoms with Gasteiger partial charge in [0.25, 0.3) is 5.91 Å². The van der Waals surface area contributed by atoms with Gasteiger partial charge in [-0.2, -0.15) is 13.2 Å². The quantitative estimate of drug-likeness (QED) is 0.316. The second kappa shape index (κ2) is 11.2. The van der Waals surface area contributed by atoms with Crippen LogP contribution in [0.25, 0.3) is 0 Å². The Balaban J connectivity index is 1.44. The van der Waals surface area contributed by atoms with Crippen LogP contribution in [0.2, 0.25) is 0 Å². The zero-order valence-electron chi connectivity index (χ0n) is 20.5. The topological polar surface area (TPSA) is 117 Å².